The molecule has 3 nitrogen and oxygen atoms in total. The summed E-state index contributed by atoms with van der Waals surface area (Å²) in [6.45, 7) is 1.91. The molecule has 1 aliphatic heterocycles. The second-order valence-electron chi connectivity index (χ2n) is 3.65. The zero-order valence-electron chi connectivity index (χ0n) is 8.60. The van der Waals surface area contributed by atoms with Gasteiger partial charge in [-0.3, -0.25) is 4.79 Å². The van der Waals surface area contributed by atoms with Gasteiger partial charge in [-0.15, -0.1) is 0 Å². The van der Waals surface area contributed by atoms with Gasteiger partial charge in [0, 0.05) is 0 Å². The molecule has 1 atom stereocenters. The molecule has 0 bridgehead atoms. The fourth-order valence-corrected chi connectivity index (χ4v) is 1.68. The summed E-state index contributed by atoms with van der Waals surface area (Å²) in [6, 6.07) is 5.85. The lowest BCUT2D eigenvalue weighted by Gasteiger charge is -2.08. The van der Waals surface area contributed by atoms with Crippen molar-refractivity contribution in [2.24, 2.45) is 10.9 Å². The van der Waals surface area contributed by atoms with Crippen molar-refractivity contribution in [3.05, 3.63) is 34.3 Å². The number of aliphatic hydroxyl groups is 1. The Bertz CT molecular complexity index is 505. The molecule has 1 aliphatic rings. The van der Waals surface area contributed by atoms with E-state index in [-0.39, 0.29) is 12.5 Å². The largest absolute Gasteiger partial charge is 0.395 e. The summed E-state index contributed by atoms with van der Waals surface area (Å²) < 4.78 is 0. The van der Waals surface area contributed by atoms with Crippen molar-refractivity contribution in [2.45, 2.75) is 13.3 Å². The van der Waals surface area contributed by atoms with Gasteiger partial charge in [0.15, 0.2) is 0 Å². The topological polar surface area (TPSA) is 49.7 Å². The Morgan fingerprint density at radius 3 is 2.93 bits per heavy atom. The van der Waals surface area contributed by atoms with Crippen molar-refractivity contribution in [1.29, 1.82) is 0 Å². The number of nitrogens with zero attached hydrogens (tertiary/aromatic N) is 1. The first-order valence-corrected chi connectivity index (χ1v) is 5.09. The molecular weight excluding hydrogens is 190 g/mol. The minimum absolute atomic E-state index is 0.169. The second kappa shape index (κ2) is 3.95. The molecule has 2 rings (SSSR count). The highest BCUT2D eigenvalue weighted by atomic mass is 16.3. The number of carbonyl (C=O) groups is 1. The molecule has 0 fully saturated rings. The average molecular weight is 203 g/mol. The van der Waals surface area contributed by atoms with Crippen LogP contribution in [-0.2, 0) is 11.2 Å². The standard InChI is InChI=1S/C12H13NO2/c1-2-8-3-4-11-9(5-8)6-10(7-14)12(15)13-11/h3-6,10,14H,2,7H2,1H3. The first-order valence-electron chi connectivity index (χ1n) is 5.09. The van der Waals surface area contributed by atoms with Crippen LogP contribution in [0.15, 0.2) is 23.2 Å². The smallest absolute Gasteiger partial charge is 0.255 e. The van der Waals surface area contributed by atoms with Crippen molar-refractivity contribution in [1.82, 2.24) is 0 Å². The third-order valence-corrected chi connectivity index (χ3v) is 2.63. The van der Waals surface area contributed by atoms with Crippen LogP contribution >= 0.6 is 0 Å². The van der Waals surface area contributed by atoms with Crippen LogP contribution in [0.5, 0.6) is 0 Å². The zero-order chi connectivity index (χ0) is 10.8. The summed E-state index contributed by atoms with van der Waals surface area (Å²) in [4.78, 5) is 15.3. The van der Waals surface area contributed by atoms with Crippen LogP contribution in [0, 0.1) is 5.92 Å². The third kappa shape index (κ3) is 1.83. The molecule has 0 saturated heterocycles. The number of amides is 1. The van der Waals surface area contributed by atoms with E-state index in [1.165, 1.54) is 5.56 Å². The molecule has 1 aromatic rings. The summed E-state index contributed by atoms with van der Waals surface area (Å²) in [7, 11) is 0. The Morgan fingerprint density at radius 2 is 2.27 bits per heavy atom. The molecule has 1 amide bonds. The van der Waals surface area contributed by atoms with Crippen molar-refractivity contribution >= 4 is 12.0 Å². The van der Waals surface area contributed by atoms with Gasteiger partial charge in [0.25, 0.3) is 5.91 Å². The van der Waals surface area contributed by atoms with E-state index < -0.39 is 5.92 Å². The van der Waals surface area contributed by atoms with Crippen LogP contribution in [0.2, 0.25) is 0 Å². The highest BCUT2D eigenvalue weighted by Crippen LogP contribution is 2.03. The third-order valence-electron chi connectivity index (χ3n) is 2.63. The van der Waals surface area contributed by atoms with Crippen LogP contribution in [0.25, 0.3) is 6.08 Å². The Morgan fingerprint density at radius 1 is 1.47 bits per heavy atom. The lowest BCUT2D eigenvalue weighted by atomic mass is 10.0. The molecule has 3 heteroatoms. The van der Waals surface area contributed by atoms with E-state index in [9.17, 15) is 4.79 Å². The molecular formula is C12H13NO2. The molecule has 0 radical (unpaired) electrons. The van der Waals surface area contributed by atoms with Crippen LogP contribution in [-0.4, -0.2) is 17.6 Å². The number of rotatable bonds is 2. The van der Waals surface area contributed by atoms with Crippen LogP contribution in [0.3, 0.4) is 0 Å². The van der Waals surface area contributed by atoms with Gasteiger partial charge in [-0.25, -0.2) is 4.99 Å². The van der Waals surface area contributed by atoms with Gasteiger partial charge < -0.3 is 5.11 Å². The van der Waals surface area contributed by atoms with Gasteiger partial charge in [0.2, 0.25) is 0 Å². The monoisotopic (exact) mass is 203 g/mol. The minimum Gasteiger partial charge on any atom is -0.395 e. The quantitative estimate of drug-likeness (QED) is 0.723. The van der Waals surface area contributed by atoms with Crippen LogP contribution in [0.4, 0.5) is 0 Å². The van der Waals surface area contributed by atoms with Gasteiger partial charge in [0.05, 0.1) is 17.9 Å². The summed E-state index contributed by atoms with van der Waals surface area (Å²) in [5.74, 6) is -0.723. The maximum atomic E-state index is 11.4. The number of hydrogen-bond acceptors (Lipinski definition) is 2. The number of benzene rings is 1. The van der Waals surface area contributed by atoms with Gasteiger partial charge in [-0.05, 0) is 29.3 Å². The Balaban J connectivity index is 2.61. The van der Waals surface area contributed by atoms with Crippen LogP contribution < -0.4 is 10.6 Å². The number of carbonyl (C=O) groups excluding carboxylic acids is 1. The lowest BCUT2D eigenvalue weighted by molar-refractivity contribution is -0.121. The fraction of sp³-hybridized carbons (Fsp3) is 0.333. The van der Waals surface area contributed by atoms with Gasteiger partial charge >= 0.3 is 0 Å². The Labute approximate surface area is 87.8 Å². The summed E-state index contributed by atoms with van der Waals surface area (Å²) >= 11 is 0. The predicted molar refractivity (Wildman–Crippen MR) is 56.6 cm³/mol. The molecule has 1 aromatic carbocycles. The second-order valence-corrected chi connectivity index (χ2v) is 3.65. The summed E-state index contributed by atoms with van der Waals surface area (Å²) in [5.41, 5.74) is 1.21. The fourth-order valence-electron chi connectivity index (χ4n) is 1.68. The number of hydrogen-bond donors (Lipinski definition) is 1. The van der Waals surface area contributed by atoms with Gasteiger partial charge in [-0.1, -0.05) is 19.1 Å². The molecule has 0 saturated carbocycles. The number of aliphatic hydroxyl groups excluding tert-OH is 1. The predicted octanol–water partition coefficient (Wildman–Crippen LogP) is -0.202. The first-order chi connectivity index (χ1) is 7.24. The SMILES string of the molecule is CCc1ccc2c(c1)=CC(CO)C(=O)N=2. The van der Waals surface area contributed by atoms with E-state index in [0.29, 0.717) is 5.36 Å². The lowest BCUT2D eigenvalue weighted by Crippen LogP contribution is -2.35. The van der Waals surface area contributed by atoms with Crippen molar-refractivity contribution in [3.8, 4) is 0 Å². The molecule has 0 aliphatic carbocycles. The minimum atomic E-state index is -0.468. The summed E-state index contributed by atoms with van der Waals surface area (Å²) in [5, 5.41) is 10.7. The van der Waals surface area contributed by atoms with Crippen molar-refractivity contribution < 1.29 is 9.90 Å². The molecule has 1 N–H and O–H groups in total. The van der Waals surface area contributed by atoms with Crippen molar-refractivity contribution in [2.75, 3.05) is 6.61 Å². The Hall–Kier alpha value is -1.48. The van der Waals surface area contributed by atoms with Gasteiger partial charge in [-0.2, -0.15) is 0 Å². The first kappa shape index (κ1) is 10.1. The van der Waals surface area contributed by atoms with E-state index in [1.807, 2.05) is 18.2 Å². The normalized spacial score (nSPS) is 19.1. The molecule has 1 heterocycles. The number of aryl methyl sites for hydroxylation is 1. The molecule has 1 unspecified atom stereocenters. The molecule has 78 valence electrons. The number of fused-ring (bicyclic) bond motifs is 1. The van der Waals surface area contributed by atoms with E-state index in [1.54, 1.807) is 6.08 Å². The van der Waals surface area contributed by atoms with Crippen LogP contribution in [0.1, 0.15) is 12.5 Å². The molecule has 15 heavy (non-hydrogen) atoms. The van der Waals surface area contributed by atoms with E-state index in [4.69, 9.17) is 5.11 Å². The van der Waals surface area contributed by atoms with E-state index in [2.05, 4.69) is 11.9 Å². The van der Waals surface area contributed by atoms with Crippen molar-refractivity contribution in [3.63, 3.8) is 0 Å². The van der Waals surface area contributed by atoms with E-state index >= 15 is 0 Å². The average Bonchev–Trinajstić information content (AvgIpc) is 2.27. The highest BCUT2D eigenvalue weighted by Gasteiger charge is 2.16. The highest BCUT2D eigenvalue weighted by molar-refractivity contribution is 5.86. The van der Waals surface area contributed by atoms with Gasteiger partial charge in [0.1, 0.15) is 0 Å². The maximum Gasteiger partial charge on any atom is 0.255 e. The molecule has 0 aromatic heterocycles. The van der Waals surface area contributed by atoms with E-state index in [0.717, 1.165) is 11.6 Å². The Kier molecular flexibility index (Phi) is 2.64. The zero-order valence-corrected chi connectivity index (χ0v) is 8.60. The molecule has 0 spiro atoms. The maximum absolute atomic E-state index is 11.4. The summed E-state index contributed by atoms with van der Waals surface area (Å²) in [6.07, 6.45) is 2.75.